The molecule has 0 saturated heterocycles. The van der Waals surface area contributed by atoms with Crippen molar-refractivity contribution in [3.05, 3.63) is 59.9 Å². The van der Waals surface area contributed by atoms with E-state index in [0.717, 1.165) is 28.6 Å². The molecule has 5 nitrogen and oxygen atoms in total. The normalized spacial score (nSPS) is 12.1. The molecule has 1 unspecified atom stereocenters. The number of para-hydroxylation sites is 2. The summed E-state index contributed by atoms with van der Waals surface area (Å²) < 4.78 is 7.17. The minimum Gasteiger partial charge on any atom is -0.497 e. The number of aryl methyl sites for hydroxylation is 1. The molecule has 140 valence electrons. The molecule has 0 saturated carbocycles. The number of carbonyl (C=O) groups is 2. The maximum Gasteiger partial charge on any atom is 0.191 e. The molecule has 1 aromatic heterocycles. The fraction of sp³-hybridized carbons (Fsp3) is 0.286. The van der Waals surface area contributed by atoms with Crippen LogP contribution < -0.4 is 4.74 Å². The molecule has 0 fully saturated rings. The van der Waals surface area contributed by atoms with E-state index in [1.54, 1.807) is 31.4 Å². The first-order valence-corrected chi connectivity index (χ1v) is 9.74. The summed E-state index contributed by atoms with van der Waals surface area (Å²) in [5.41, 5.74) is 2.53. The van der Waals surface area contributed by atoms with Gasteiger partial charge in [0.25, 0.3) is 0 Å². The number of methoxy groups -OCH3 is 1. The lowest BCUT2D eigenvalue weighted by Crippen LogP contribution is -2.12. The summed E-state index contributed by atoms with van der Waals surface area (Å²) in [6.07, 6.45) is 0.349. The van der Waals surface area contributed by atoms with Crippen LogP contribution in [0.25, 0.3) is 11.0 Å². The molecular formula is C21H22N2O3S. The summed E-state index contributed by atoms with van der Waals surface area (Å²) in [6.45, 7) is 3.95. The number of nitrogens with zero attached hydrogens (tertiary/aromatic N) is 2. The first kappa shape index (κ1) is 19.2. The molecule has 0 bridgehead atoms. The summed E-state index contributed by atoms with van der Waals surface area (Å²) >= 11 is 1.07. The summed E-state index contributed by atoms with van der Waals surface area (Å²) in [5.74, 6) is 1.66. The Morgan fingerprint density at radius 1 is 1.15 bits per heavy atom. The van der Waals surface area contributed by atoms with Crippen LogP contribution in [0.5, 0.6) is 5.75 Å². The fourth-order valence-corrected chi connectivity index (χ4v) is 3.94. The van der Waals surface area contributed by atoms with Crippen molar-refractivity contribution in [1.82, 2.24) is 9.55 Å². The Kier molecular flexibility index (Phi) is 5.96. The van der Waals surface area contributed by atoms with Crippen molar-refractivity contribution >= 4 is 33.7 Å². The van der Waals surface area contributed by atoms with E-state index in [-0.39, 0.29) is 22.7 Å². The Morgan fingerprint density at radius 2 is 1.85 bits per heavy atom. The second-order valence-corrected chi connectivity index (χ2v) is 7.42. The Morgan fingerprint density at radius 3 is 2.56 bits per heavy atom. The first-order chi connectivity index (χ1) is 13.0. The number of benzene rings is 2. The van der Waals surface area contributed by atoms with Gasteiger partial charge in [-0.2, -0.15) is 0 Å². The molecule has 6 heteroatoms. The monoisotopic (exact) mass is 382 g/mol. The van der Waals surface area contributed by atoms with Crippen LogP contribution in [0, 0.1) is 6.92 Å². The number of hydrogen-bond acceptors (Lipinski definition) is 5. The van der Waals surface area contributed by atoms with Gasteiger partial charge < -0.3 is 9.30 Å². The minimum atomic E-state index is -0.0621. The number of thioether (sulfide) groups is 1. The van der Waals surface area contributed by atoms with Crippen LogP contribution >= 0.6 is 11.8 Å². The first-order valence-electron chi connectivity index (χ1n) is 8.76. The van der Waals surface area contributed by atoms with Gasteiger partial charge in [0, 0.05) is 18.0 Å². The van der Waals surface area contributed by atoms with Gasteiger partial charge in [0.15, 0.2) is 10.9 Å². The predicted octanol–water partition coefficient (Wildman–Crippen LogP) is 4.45. The zero-order valence-electron chi connectivity index (χ0n) is 15.6. The van der Waals surface area contributed by atoms with Crippen LogP contribution in [0.2, 0.25) is 0 Å². The van der Waals surface area contributed by atoms with Crippen LogP contribution in [-0.4, -0.2) is 33.3 Å². The molecule has 0 amide bonds. The maximum atomic E-state index is 12.4. The van der Waals surface area contributed by atoms with Crippen molar-refractivity contribution in [1.29, 1.82) is 0 Å². The van der Waals surface area contributed by atoms with Gasteiger partial charge in [0.05, 0.1) is 23.9 Å². The van der Waals surface area contributed by atoms with Crippen molar-refractivity contribution in [3.63, 3.8) is 0 Å². The molecule has 0 aliphatic rings. The van der Waals surface area contributed by atoms with E-state index in [0.29, 0.717) is 17.7 Å². The number of aromatic nitrogens is 2. The number of hydrogen-bond donors (Lipinski definition) is 0. The number of rotatable bonds is 7. The molecule has 1 heterocycles. The SMILES string of the molecule is COc1ccc(C(=O)CSC(=O)CC(C)n2c(C)nc3ccccc32)cc1. The lowest BCUT2D eigenvalue weighted by Gasteiger charge is -2.15. The average Bonchev–Trinajstić information content (AvgIpc) is 3.01. The second kappa shape index (κ2) is 8.39. The average molecular weight is 382 g/mol. The van der Waals surface area contributed by atoms with Gasteiger partial charge in [-0.3, -0.25) is 9.59 Å². The van der Waals surface area contributed by atoms with E-state index in [2.05, 4.69) is 9.55 Å². The van der Waals surface area contributed by atoms with Crippen LogP contribution in [0.4, 0.5) is 0 Å². The Labute approximate surface area is 162 Å². The molecule has 0 spiro atoms. The van der Waals surface area contributed by atoms with Crippen molar-refractivity contribution in [2.24, 2.45) is 0 Å². The van der Waals surface area contributed by atoms with Gasteiger partial charge in [-0.05, 0) is 50.2 Å². The largest absolute Gasteiger partial charge is 0.497 e. The van der Waals surface area contributed by atoms with E-state index in [4.69, 9.17) is 4.74 Å². The van der Waals surface area contributed by atoms with Crippen LogP contribution in [0.3, 0.4) is 0 Å². The van der Waals surface area contributed by atoms with Gasteiger partial charge >= 0.3 is 0 Å². The van der Waals surface area contributed by atoms with E-state index < -0.39 is 0 Å². The highest BCUT2D eigenvalue weighted by Gasteiger charge is 2.17. The zero-order valence-corrected chi connectivity index (χ0v) is 16.5. The van der Waals surface area contributed by atoms with Gasteiger partial charge in [0.1, 0.15) is 11.6 Å². The van der Waals surface area contributed by atoms with Crippen molar-refractivity contribution in [2.75, 3.05) is 12.9 Å². The third-order valence-electron chi connectivity index (χ3n) is 4.45. The number of ether oxygens (including phenoxy) is 1. The van der Waals surface area contributed by atoms with Crippen molar-refractivity contribution in [3.8, 4) is 5.75 Å². The molecule has 0 radical (unpaired) electrons. The fourth-order valence-electron chi connectivity index (χ4n) is 3.12. The highest BCUT2D eigenvalue weighted by atomic mass is 32.2. The van der Waals surface area contributed by atoms with Gasteiger partial charge in [-0.1, -0.05) is 23.9 Å². The summed E-state index contributed by atoms with van der Waals surface area (Å²) in [4.78, 5) is 29.2. The highest BCUT2D eigenvalue weighted by molar-refractivity contribution is 8.14. The lowest BCUT2D eigenvalue weighted by atomic mass is 10.1. The van der Waals surface area contributed by atoms with Crippen LogP contribution in [-0.2, 0) is 4.79 Å². The number of Topliss-reactive ketones (excluding diaryl/α,β-unsaturated/α-hetero) is 1. The smallest absolute Gasteiger partial charge is 0.191 e. The highest BCUT2D eigenvalue weighted by Crippen LogP contribution is 2.25. The molecular weight excluding hydrogens is 360 g/mol. The molecule has 2 aromatic carbocycles. The number of imidazole rings is 1. The van der Waals surface area contributed by atoms with Crippen molar-refractivity contribution < 1.29 is 14.3 Å². The van der Waals surface area contributed by atoms with Crippen LogP contribution in [0.15, 0.2) is 48.5 Å². The molecule has 1 atom stereocenters. The van der Waals surface area contributed by atoms with Gasteiger partial charge in [-0.25, -0.2) is 4.98 Å². The Hall–Kier alpha value is -2.60. The molecule has 0 aliphatic carbocycles. The van der Waals surface area contributed by atoms with E-state index in [1.807, 2.05) is 38.1 Å². The summed E-state index contributed by atoms with van der Waals surface area (Å²) in [7, 11) is 1.58. The third-order valence-corrected chi connectivity index (χ3v) is 5.35. The molecule has 27 heavy (non-hydrogen) atoms. The number of ketones is 1. The summed E-state index contributed by atoms with van der Waals surface area (Å²) in [5, 5.41) is 0.00143. The van der Waals surface area contributed by atoms with Gasteiger partial charge in [0.2, 0.25) is 0 Å². The number of carbonyl (C=O) groups excluding carboxylic acids is 2. The Balaban J connectivity index is 1.59. The molecule has 0 aliphatic heterocycles. The maximum absolute atomic E-state index is 12.4. The molecule has 3 aromatic rings. The predicted molar refractivity (Wildman–Crippen MR) is 109 cm³/mol. The quantitative estimate of drug-likeness (QED) is 0.565. The zero-order chi connectivity index (χ0) is 19.4. The molecule has 3 rings (SSSR count). The third kappa shape index (κ3) is 4.39. The standard InChI is InChI=1S/C21H22N2O3S/c1-14(23-15(2)22-18-6-4-5-7-19(18)23)12-21(25)27-13-20(24)16-8-10-17(26-3)11-9-16/h4-11,14H,12-13H2,1-3H3. The van der Waals surface area contributed by atoms with Crippen LogP contribution in [0.1, 0.15) is 35.6 Å². The summed E-state index contributed by atoms with van der Waals surface area (Å²) in [6, 6.07) is 14.8. The topological polar surface area (TPSA) is 61.2 Å². The molecule has 0 N–H and O–H groups in total. The Bertz CT molecular complexity index is 963. The van der Waals surface area contributed by atoms with Gasteiger partial charge in [-0.15, -0.1) is 0 Å². The van der Waals surface area contributed by atoms with E-state index >= 15 is 0 Å². The van der Waals surface area contributed by atoms with E-state index in [9.17, 15) is 9.59 Å². The van der Waals surface area contributed by atoms with E-state index in [1.165, 1.54) is 0 Å². The second-order valence-electron chi connectivity index (χ2n) is 6.38. The lowest BCUT2D eigenvalue weighted by molar-refractivity contribution is -0.111. The number of fused-ring (bicyclic) bond motifs is 1. The van der Waals surface area contributed by atoms with Crippen molar-refractivity contribution in [2.45, 2.75) is 26.3 Å². The minimum absolute atomic E-state index is 0.00143.